The Balaban J connectivity index is 1.49. The van der Waals surface area contributed by atoms with Gasteiger partial charge in [0.15, 0.2) is 0 Å². The quantitative estimate of drug-likeness (QED) is 0.341. The summed E-state index contributed by atoms with van der Waals surface area (Å²) >= 11 is 5.83. The van der Waals surface area contributed by atoms with Crippen LogP contribution in [0.4, 0.5) is 4.39 Å². The van der Waals surface area contributed by atoms with Gasteiger partial charge in [-0.1, -0.05) is 29.8 Å². The summed E-state index contributed by atoms with van der Waals surface area (Å²) in [5, 5.41) is 3.27. The van der Waals surface area contributed by atoms with Crippen molar-refractivity contribution in [1.82, 2.24) is 15.3 Å². The van der Waals surface area contributed by atoms with Crippen molar-refractivity contribution in [3.05, 3.63) is 94.3 Å². The normalized spacial score (nSPS) is 13.2. The minimum absolute atomic E-state index is 0.284. The molecule has 1 saturated carbocycles. The van der Waals surface area contributed by atoms with Crippen LogP contribution in [-0.4, -0.2) is 15.9 Å². The zero-order chi connectivity index (χ0) is 22.9. The first kappa shape index (κ1) is 21.3. The number of hydrogen-bond acceptors (Lipinski definition) is 4. The van der Waals surface area contributed by atoms with Crippen LogP contribution >= 0.6 is 11.6 Å². The van der Waals surface area contributed by atoms with Crippen LogP contribution in [0.3, 0.4) is 0 Å². The van der Waals surface area contributed by atoms with Crippen LogP contribution in [0.15, 0.2) is 65.3 Å². The number of carbonyl (C=O) groups is 1. The van der Waals surface area contributed by atoms with Gasteiger partial charge in [-0.05, 0) is 66.8 Å². The molecule has 0 saturated heterocycles. The largest absolute Gasteiger partial charge is 0.441 e. The van der Waals surface area contributed by atoms with Gasteiger partial charge < -0.3 is 9.73 Å². The Morgan fingerprint density at radius 3 is 2.64 bits per heavy atom. The van der Waals surface area contributed by atoms with Gasteiger partial charge in [0.1, 0.15) is 16.7 Å². The lowest BCUT2D eigenvalue weighted by Gasteiger charge is -2.11. The summed E-state index contributed by atoms with van der Waals surface area (Å²) in [6.45, 7) is 2.12. The first-order valence-electron chi connectivity index (χ1n) is 10.7. The molecule has 2 aromatic heterocycles. The van der Waals surface area contributed by atoms with Crippen LogP contribution in [-0.2, 0) is 6.54 Å². The second-order valence-corrected chi connectivity index (χ2v) is 8.68. The summed E-state index contributed by atoms with van der Waals surface area (Å²) in [5.74, 6) is 1.03. The average molecular weight is 462 g/mol. The van der Waals surface area contributed by atoms with Crippen molar-refractivity contribution in [2.45, 2.75) is 32.2 Å². The topological polar surface area (TPSA) is 68.0 Å². The lowest BCUT2D eigenvalue weighted by Crippen LogP contribution is -2.23. The van der Waals surface area contributed by atoms with E-state index < -0.39 is 0 Å². The Morgan fingerprint density at radius 1 is 1.09 bits per heavy atom. The molecule has 5 rings (SSSR count). The fraction of sp³-hybridized carbons (Fsp3) is 0.192. The summed E-state index contributed by atoms with van der Waals surface area (Å²) in [6, 6.07) is 13.7. The maximum Gasteiger partial charge on any atom is 0.251 e. The molecule has 5 nitrogen and oxygen atoms in total. The number of carbonyl (C=O) groups excluding carboxylic acids is 1. The molecule has 0 radical (unpaired) electrons. The highest BCUT2D eigenvalue weighted by molar-refractivity contribution is 6.29. The fourth-order valence-electron chi connectivity index (χ4n) is 3.66. The third-order valence-corrected chi connectivity index (χ3v) is 5.85. The number of hydrogen-bond donors (Lipinski definition) is 1. The molecular formula is C26H21ClFN3O2. The number of nitrogens with zero attached hydrogens (tertiary/aromatic N) is 2. The SMILES string of the molecule is Cc1ccc(-c2cc(C(=O)NCc3ccc(Cl)nc3)cc(-c3ncc(C4CC4)o3)c2)c(F)c1. The van der Waals surface area contributed by atoms with Gasteiger partial charge in [-0.3, -0.25) is 4.79 Å². The minimum atomic E-state index is -0.350. The predicted octanol–water partition coefficient (Wildman–Crippen LogP) is 6.31. The number of rotatable bonds is 6. The standard InChI is InChI=1S/C26H21ClFN3O2/c1-15-2-6-21(22(28)8-15)18-9-19(25(32)30-13-16-3-7-24(27)29-12-16)11-20(10-18)26-31-14-23(33-26)17-4-5-17/h2-3,6-12,14,17H,4-5,13H2,1H3,(H,30,32). The van der Waals surface area contributed by atoms with Crippen LogP contribution in [0.2, 0.25) is 5.15 Å². The Bertz CT molecular complexity index is 1330. The van der Waals surface area contributed by atoms with Gasteiger partial charge in [0.25, 0.3) is 5.91 Å². The zero-order valence-electron chi connectivity index (χ0n) is 17.9. The fourth-order valence-corrected chi connectivity index (χ4v) is 3.78. The van der Waals surface area contributed by atoms with Crippen molar-refractivity contribution in [3.63, 3.8) is 0 Å². The molecule has 1 N–H and O–H groups in total. The minimum Gasteiger partial charge on any atom is -0.441 e. The Labute approximate surface area is 195 Å². The highest BCUT2D eigenvalue weighted by Crippen LogP contribution is 2.41. The number of pyridine rings is 1. The molecule has 1 aliphatic carbocycles. The second-order valence-electron chi connectivity index (χ2n) is 8.30. The number of halogens is 2. The number of benzene rings is 2. The third kappa shape index (κ3) is 4.81. The monoisotopic (exact) mass is 461 g/mol. The van der Waals surface area contributed by atoms with Crippen LogP contribution in [0, 0.1) is 12.7 Å². The van der Waals surface area contributed by atoms with E-state index >= 15 is 0 Å². The Kier molecular flexibility index (Phi) is 5.68. The van der Waals surface area contributed by atoms with E-state index in [1.54, 1.807) is 48.8 Å². The van der Waals surface area contributed by atoms with E-state index in [4.69, 9.17) is 16.0 Å². The molecular weight excluding hydrogens is 441 g/mol. The van der Waals surface area contributed by atoms with E-state index in [1.807, 2.05) is 13.0 Å². The summed E-state index contributed by atoms with van der Waals surface area (Å²) in [7, 11) is 0. The molecule has 1 aliphatic rings. The molecule has 0 unspecified atom stereocenters. The van der Waals surface area contributed by atoms with Crippen LogP contribution in [0.1, 0.15) is 46.0 Å². The number of amides is 1. The van der Waals surface area contributed by atoms with Gasteiger partial charge in [0.2, 0.25) is 5.89 Å². The molecule has 0 aliphatic heterocycles. The lowest BCUT2D eigenvalue weighted by atomic mass is 9.98. The number of aryl methyl sites for hydroxylation is 1. The molecule has 0 atom stereocenters. The first-order valence-corrected chi connectivity index (χ1v) is 11.1. The molecule has 7 heteroatoms. The van der Waals surface area contributed by atoms with Crippen LogP contribution < -0.4 is 5.32 Å². The second kappa shape index (κ2) is 8.79. The summed E-state index contributed by atoms with van der Waals surface area (Å²) in [5.41, 5.74) is 3.63. The maximum atomic E-state index is 14.8. The third-order valence-electron chi connectivity index (χ3n) is 5.62. The van der Waals surface area contributed by atoms with E-state index in [0.717, 1.165) is 29.7 Å². The lowest BCUT2D eigenvalue weighted by molar-refractivity contribution is 0.0951. The predicted molar refractivity (Wildman–Crippen MR) is 124 cm³/mol. The van der Waals surface area contributed by atoms with Crippen molar-refractivity contribution in [2.75, 3.05) is 0 Å². The molecule has 1 amide bonds. The van der Waals surface area contributed by atoms with Gasteiger partial charge in [-0.25, -0.2) is 14.4 Å². The molecule has 1 fully saturated rings. The van der Waals surface area contributed by atoms with Crippen molar-refractivity contribution < 1.29 is 13.6 Å². The van der Waals surface area contributed by atoms with E-state index in [-0.39, 0.29) is 18.3 Å². The molecule has 33 heavy (non-hydrogen) atoms. The summed E-state index contributed by atoms with van der Waals surface area (Å²) in [4.78, 5) is 21.4. The number of oxazole rings is 1. The van der Waals surface area contributed by atoms with Crippen molar-refractivity contribution in [3.8, 4) is 22.6 Å². The van der Waals surface area contributed by atoms with Crippen LogP contribution in [0.25, 0.3) is 22.6 Å². The summed E-state index contributed by atoms with van der Waals surface area (Å²) < 4.78 is 20.7. The highest BCUT2D eigenvalue weighted by atomic mass is 35.5. The Hall–Kier alpha value is -3.51. The van der Waals surface area contributed by atoms with E-state index in [9.17, 15) is 9.18 Å². The smallest absolute Gasteiger partial charge is 0.251 e. The van der Waals surface area contributed by atoms with Crippen molar-refractivity contribution in [2.24, 2.45) is 0 Å². The van der Waals surface area contributed by atoms with E-state index in [0.29, 0.717) is 39.2 Å². The Morgan fingerprint density at radius 2 is 1.91 bits per heavy atom. The van der Waals surface area contributed by atoms with Crippen molar-refractivity contribution in [1.29, 1.82) is 0 Å². The molecule has 4 aromatic rings. The molecule has 2 heterocycles. The van der Waals surface area contributed by atoms with Gasteiger partial charge in [0, 0.05) is 35.3 Å². The van der Waals surface area contributed by atoms with Crippen LogP contribution in [0.5, 0.6) is 0 Å². The average Bonchev–Trinajstić information content (AvgIpc) is 3.54. The first-order chi connectivity index (χ1) is 16.0. The molecule has 0 spiro atoms. The summed E-state index contributed by atoms with van der Waals surface area (Å²) in [6.07, 6.45) is 5.53. The van der Waals surface area contributed by atoms with Gasteiger partial charge in [0.05, 0.1) is 6.20 Å². The highest BCUT2D eigenvalue weighted by Gasteiger charge is 2.28. The zero-order valence-corrected chi connectivity index (χ0v) is 18.7. The molecule has 2 aromatic carbocycles. The number of nitrogens with one attached hydrogen (secondary N) is 1. The maximum absolute atomic E-state index is 14.8. The number of aromatic nitrogens is 2. The molecule has 166 valence electrons. The van der Waals surface area contributed by atoms with Crippen molar-refractivity contribution >= 4 is 17.5 Å². The van der Waals surface area contributed by atoms with E-state index in [2.05, 4.69) is 15.3 Å². The van der Waals surface area contributed by atoms with E-state index in [1.165, 1.54) is 6.07 Å². The van der Waals surface area contributed by atoms with Gasteiger partial charge in [-0.15, -0.1) is 0 Å². The van der Waals surface area contributed by atoms with Gasteiger partial charge in [-0.2, -0.15) is 0 Å². The molecule has 0 bridgehead atoms. The van der Waals surface area contributed by atoms with Gasteiger partial charge >= 0.3 is 0 Å².